The smallest absolute Gasteiger partial charge is 0.222 e. The summed E-state index contributed by atoms with van der Waals surface area (Å²) in [4.78, 5) is 18.3. The maximum absolute atomic E-state index is 6.39. The molecule has 0 aromatic carbocycles. The SMILES string of the molecule is C/C(N)=C(/C=NCC1CC1)c1cnc2cc1O[C@@H](C)CCOc1c(cnn1C)-c1nccc(n1)N2. The van der Waals surface area contributed by atoms with Gasteiger partial charge in [-0.05, 0) is 38.7 Å². The van der Waals surface area contributed by atoms with Crippen LogP contribution in [0.5, 0.6) is 11.6 Å². The first-order valence-corrected chi connectivity index (χ1v) is 11.9. The van der Waals surface area contributed by atoms with Crippen molar-refractivity contribution in [3.05, 3.63) is 42.0 Å². The summed E-state index contributed by atoms with van der Waals surface area (Å²) in [5.74, 6) is 3.69. The van der Waals surface area contributed by atoms with Gasteiger partial charge >= 0.3 is 0 Å². The maximum Gasteiger partial charge on any atom is 0.222 e. The topological polar surface area (TPSA) is 125 Å². The van der Waals surface area contributed by atoms with Gasteiger partial charge in [0.25, 0.3) is 0 Å². The summed E-state index contributed by atoms with van der Waals surface area (Å²) < 4.78 is 14.2. The molecule has 4 bridgehead atoms. The maximum atomic E-state index is 6.39. The molecule has 1 aliphatic heterocycles. The standard InChI is InChI=1S/C25H30N8O2/c1-15-7-9-34-25-20(14-30-33(25)3)24-28-8-6-22(32-24)31-23-10-21(35-15)19(13-29-23)18(16(2)26)12-27-11-17-4-5-17/h6,8,10,12-15,17H,4-5,7,9,11,26H2,1-3H3,(H,28,29,31,32)/b18-16+,27-12?/t15-/m0/s1. The van der Waals surface area contributed by atoms with E-state index in [1.807, 2.05) is 33.2 Å². The van der Waals surface area contributed by atoms with E-state index in [9.17, 15) is 0 Å². The molecule has 3 aromatic rings. The molecule has 10 heteroatoms. The molecule has 3 aromatic heterocycles. The first-order chi connectivity index (χ1) is 17.0. The first kappa shape index (κ1) is 22.8. The fraction of sp³-hybridized carbons (Fsp3) is 0.400. The quantitative estimate of drug-likeness (QED) is 0.548. The number of ether oxygens (including phenoxy) is 2. The molecule has 3 N–H and O–H groups in total. The highest BCUT2D eigenvalue weighted by atomic mass is 16.5. The number of rotatable bonds is 4. The molecule has 10 nitrogen and oxygen atoms in total. The lowest BCUT2D eigenvalue weighted by atomic mass is 10.1. The Bertz CT molecular complexity index is 1270. The lowest BCUT2D eigenvalue weighted by Gasteiger charge is -2.20. The van der Waals surface area contributed by atoms with E-state index in [-0.39, 0.29) is 6.10 Å². The van der Waals surface area contributed by atoms with E-state index in [1.54, 1.807) is 29.3 Å². The number of aliphatic imine (C=N–C) groups is 1. The largest absolute Gasteiger partial charge is 0.490 e. The van der Waals surface area contributed by atoms with E-state index < -0.39 is 0 Å². The number of nitrogens with two attached hydrogens (primary N) is 1. The third kappa shape index (κ3) is 5.26. The summed E-state index contributed by atoms with van der Waals surface area (Å²) >= 11 is 0. The number of nitrogens with one attached hydrogen (secondary N) is 1. The van der Waals surface area contributed by atoms with Crippen molar-refractivity contribution in [3.8, 4) is 23.0 Å². The van der Waals surface area contributed by atoms with E-state index in [4.69, 9.17) is 15.2 Å². The summed E-state index contributed by atoms with van der Waals surface area (Å²) in [6.07, 6.45) is 10.0. The number of fused-ring (bicyclic) bond motifs is 6. The number of anilines is 2. The Hall–Kier alpha value is -3.95. The molecule has 35 heavy (non-hydrogen) atoms. The monoisotopic (exact) mass is 474 g/mol. The van der Waals surface area contributed by atoms with Gasteiger partial charge in [-0.25, -0.2) is 19.6 Å². The van der Waals surface area contributed by atoms with E-state index in [0.29, 0.717) is 53.7 Å². The van der Waals surface area contributed by atoms with Gasteiger partial charge < -0.3 is 20.5 Å². The number of allylic oxidation sites excluding steroid dienone is 2. The van der Waals surface area contributed by atoms with Gasteiger partial charge in [-0.15, -0.1) is 0 Å². The van der Waals surface area contributed by atoms with Gasteiger partial charge in [0.1, 0.15) is 22.9 Å². The van der Waals surface area contributed by atoms with Crippen molar-refractivity contribution in [2.45, 2.75) is 39.2 Å². The second-order valence-corrected chi connectivity index (χ2v) is 9.04. The van der Waals surface area contributed by atoms with Crippen LogP contribution in [0.15, 0.2) is 41.4 Å². The third-order valence-corrected chi connectivity index (χ3v) is 5.99. The van der Waals surface area contributed by atoms with Gasteiger partial charge in [0.2, 0.25) is 5.88 Å². The van der Waals surface area contributed by atoms with Crippen LogP contribution in [0.2, 0.25) is 0 Å². The van der Waals surface area contributed by atoms with Gasteiger partial charge in [0, 0.05) is 61.5 Å². The normalized spacial score (nSPS) is 18.5. The molecule has 1 atom stereocenters. The molecule has 0 unspecified atom stereocenters. The van der Waals surface area contributed by atoms with Gasteiger partial charge in [-0.1, -0.05) is 0 Å². The predicted octanol–water partition coefficient (Wildman–Crippen LogP) is 3.74. The van der Waals surface area contributed by atoms with Gasteiger partial charge in [0.15, 0.2) is 5.82 Å². The van der Waals surface area contributed by atoms with Gasteiger partial charge in [-0.3, -0.25) is 4.99 Å². The van der Waals surface area contributed by atoms with Crippen molar-refractivity contribution in [1.29, 1.82) is 0 Å². The van der Waals surface area contributed by atoms with E-state index in [2.05, 4.69) is 30.4 Å². The molecule has 182 valence electrons. The molecule has 1 fully saturated rings. The second kappa shape index (κ2) is 9.73. The van der Waals surface area contributed by atoms with E-state index in [0.717, 1.165) is 23.2 Å². The average Bonchev–Trinajstić information content (AvgIpc) is 3.58. The minimum absolute atomic E-state index is 0.125. The van der Waals surface area contributed by atoms with Crippen LogP contribution in [0.25, 0.3) is 17.0 Å². The molecule has 0 radical (unpaired) electrons. The predicted molar refractivity (Wildman–Crippen MR) is 135 cm³/mol. The van der Waals surface area contributed by atoms with Crippen molar-refractivity contribution in [2.24, 2.45) is 23.7 Å². The number of hydrogen-bond acceptors (Lipinski definition) is 9. The molecule has 5 rings (SSSR count). The second-order valence-electron chi connectivity index (χ2n) is 9.04. The molecule has 0 amide bonds. The lowest BCUT2D eigenvalue weighted by Crippen LogP contribution is -2.18. The van der Waals surface area contributed by atoms with Crippen LogP contribution in [0.4, 0.5) is 11.6 Å². The molecule has 1 aliphatic carbocycles. The number of aryl methyl sites for hydroxylation is 1. The van der Waals surface area contributed by atoms with E-state index >= 15 is 0 Å². The first-order valence-electron chi connectivity index (χ1n) is 11.9. The zero-order valence-corrected chi connectivity index (χ0v) is 20.2. The van der Waals surface area contributed by atoms with Crippen LogP contribution >= 0.6 is 0 Å². The Morgan fingerprint density at radius 3 is 2.91 bits per heavy atom. The van der Waals surface area contributed by atoms with Crippen LogP contribution < -0.4 is 20.5 Å². The summed E-state index contributed by atoms with van der Waals surface area (Å²) in [6.45, 7) is 5.15. The van der Waals surface area contributed by atoms with Crippen molar-refractivity contribution in [2.75, 3.05) is 18.5 Å². The molecule has 1 saturated carbocycles. The van der Waals surface area contributed by atoms with Gasteiger partial charge in [-0.2, -0.15) is 5.10 Å². The third-order valence-electron chi connectivity index (χ3n) is 5.99. The molecule has 4 heterocycles. The lowest BCUT2D eigenvalue weighted by molar-refractivity contribution is 0.172. The highest BCUT2D eigenvalue weighted by Gasteiger charge is 2.21. The van der Waals surface area contributed by atoms with Crippen LogP contribution in [0, 0.1) is 5.92 Å². The fourth-order valence-electron chi connectivity index (χ4n) is 3.82. The van der Waals surface area contributed by atoms with Crippen molar-refractivity contribution in [1.82, 2.24) is 24.7 Å². The van der Waals surface area contributed by atoms with E-state index in [1.165, 1.54) is 12.8 Å². The zero-order valence-electron chi connectivity index (χ0n) is 20.2. The Morgan fingerprint density at radius 1 is 1.26 bits per heavy atom. The minimum Gasteiger partial charge on any atom is -0.490 e. The molecule has 2 aliphatic rings. The summed E-state index contributed by atoms with van der Waals surface area (Å²) in [5, 5.41) is 7.59. The summed E-state index contributed by atoms with van der Waals surface area (Å²) in [7, 11) is 1.83. The highest BCUT2D eigenvalue weighted by Crippen LogP contribution is 2.33. The summed E-state index contributed by atoms with van der Waals surface area (Å²) in [5.41, 5.74) is 9.26. The molecular weight excluding hydrogens is 444 g/mol. The average molecular weight is 475 g/mol. The van der Waals surface area contributed by atoms with Crippen LogP contribution in [0.1, 0.15) is 38.7 Å². The zero-order chi connectivity index (χ0) is 24.4. The Kier molecular flexibility index (Phi) is 6.35. The van der Waals surface area contributed by atoms with Crippen LogP contribution in [0.3, 0.4) is 0 Å². The Morgan fingerprint density at radius 2 is 2.11 bits per heavy atom. The summed E-state index contributed by atoms with van der Waals surface area (Å²) in [6, 6.07) is 3.65. The number of pyridine rings is 1. The van der Waals surface area contributed by atoms with Crippen LogP contribution in [-0.2, 0) is 7.05 Å². The molecule has 0 saturated heterocycles. The van der Waals surface area contributed by atoms with Gasteiger partial charge in [0.05, 0.1) is 18.9 Å². The number of aromatic nitrogens is 5. The highest BCUT2D eigenvalue weighted by molar-refractivity contribution is 6.11. The fourth-order valence-corrected chi connectivity index (χ4v) is 3.82. The number of hydrogen-bond donors (Lipinski definition) is 2. The minimum atomic E-state index is -0.125. The van der Waals surface area contributed by atoms with Crippen molar-refractivity contribution < 1.29 is 9.47 Å². The number of nitrogens with zero attached hydrogens (tertiary/aromatic N) is 6. The van der Waals surface area contributed by atoms with Crippen molar-refractivity contribution >= 4 is 23.4 Å². The van der Waals surface area contributed by atoms with Crippen LogP contribution in [-0.4, -0.2) is 50.2 Å². The Labute approximate surface area is 204 Å². The molecule has 0 spiro atoms. The Balaban J connectivity index is 1.52. The van der Waals surface area contributed by atoms with Crippen molar-refractivity contribution in [3.63, 3.8) is 0 Å². The molecular formula is C25H30N8O2.